The molecule has 2 unspecified atom stereocenters. The van der Waals surface area contributed by atoms with Crippen molar-refractivity contribution in [1.82, 2.24) is 10.2 Å². The normalized spacial score (nSPS) is 28.0. The Balaban J connectivity index is 1.72. The van der Waals surface area contributed by atoms with Crippen LogP contribution in [0.1, 0.15) is 51.9 Å². The first-order valence-corrected chi connectivity index (χ1v) is 7.92. The van der Waals surface area contributed by atoms with E-state index in [1.807, 2.05) is 0 Å². The van der Waals surface area contributed by atoms with Crippen molar-refractivity contribution in [3.05, 3.63) is 0 Å². The molecule has 1 amide bonds. The summed E-state index contributed by atoms with van der Waals surface area (Å²) in [5.74, 6) is 0.758. The van der Waals surface area contributed by atoms with Gasteiger partial charge in [-0.25, -0.2) is 0 Å². The molecular formula is C15H29N3O. The lowest BCUT2D eigenvalue weighted by atomic mass is 9.92. The van der Waals surface area contributed by atoms with Gasteiger partial charge in [0, 0.05) is 18.6 Å². The Hall–Kier alpha value is -0.610. The minimum absolute atomic E-state index is 0.206. The van der Waals surface area contributed by atoms with Gasteiger partial charge in [-0.1, -0.05) is 19.3 Å². The average molecular weight is 267 g/mol. The summed E-state index contributed by atoms with van der Waals surface area (Å²) in [6.45, 7) is 4.66. The van der Waals surface area contributed by atoms with Crippen LogP contribution in [0.15, 0.2) is 0 Å². The van der Waals surface area contributed by atoms with Crippen molar-refractivity contribution in [1.29, 1.82) is 0 Å². The summed E-state index contributed by atoms with van der Waals surface area (Å²) >= 11 is 0. The Bertz CT molecular complexity index is 287. The van der Waals surface area contributed by atoms with Crippen LogP contribution in [0.3, 0.4) is 0 Å². The fraction of sp³-hybridized carbons (Fsp3) is 0.933. The van der Waals surface area contributed by atoms with Gasteiger partial charge in [-0.05, 0) is 45.1 Å². The van der Waals surface area contributed by atoms with Crippen LogP contribution >= 0.6 is 0 Å². The third-order valence-electron chi connectivity index (χ3n) is 4.62. The number of rotatable bonds is 4. The standard InChI is InChI=1S/C15H29N3O/c1-12(16)13-6-5-9-18(10-13)11-15(19)17-14-7-3-2-4-8-14/h12-14H,2-11,16H2,1H3,(H,17,19). The number of nitrogens with two attached hydrogens (primary N) is 1. The summed E-state index contributed by atoms with van der Waals surface area (Å²) in [4.78, 5) is 14.3. The molecule has 1 aliphatic carbocycles. The van der Waals surface area contributed by atoms with Crippen molar-refractivity contribution in [2.24, 2.45) is 11.7 Å². The van der Waals surface area contributed by atoms with Crippen molar-refractivity contribution in [3.63, 3.8) is 0 Å². The lowest BCUT2D eigenvalue weighted by molar-refractivity contribution is -0.123. The smallest absolute Gasteiger partial charge is 0.234 e. The van der Waals surface area contributed by atoms with Gasteiger partial charge in [0.05, 0.1) is 6.54 Å². The molecule has 0 radical (unpaired) electrons. The monoisotopic (exact) mass is 267 g/mol. The second-order valence-electron chi connectivity index (χ2n) is 6.40. The van der Waals surface area contributed by atoms with E-state index < -0.39 is 0 Å². The number of hydrogen-bond acceptors (Lipinski definition) is 3. The number of nitrogens with zero attached hydrogens (tertiary/aromatic N) is 1. The number of nitrogens with one attached hydrogen (secondary N) is 1. The van der Waals surface area contributed by atoms with Gasteiger partial charge in [0.15, 0.2) is 0 Å². The van der Waals surface area contributed by atoms with E-state index in [1.54, 1.807) is 0 Å². The summed E-state index contributed by atoms with van der Waals surface area (Å²) in [7, 11) is 0. The van der Waals surface area contributed by atoms with E-state index >= 15 is 0 Å². The maximum atomic E-state index is 12.1. The largest absolute Gasteiger partial charge is 0.352 e. The Morgan fingerprint density at radius 3 is 2.68 bits per heavy atom. The van der Waals surface area contributed by atoms with Crippen molar-refractivity contribution in [3.8, 4) is 0 Å². The van der Waals surface area contributed by atoms with Gasteiger partial charge in [-0.15, -0.1) is 0 Å². The average Bonchev–Trinajstić information content (AvgIpc) is 2.40. The predicted octanol–water partition coefficient (Wildman–Crippen LogP) is 1.49. The van der Waals surface area contributed by atoms with Crippen LogP contribution in [0.25, 0.3) is 0 Å². The molecule has 3 N–H and O–H groups in total. The first kappa shape index (κ1) is 14.8. The van der Waals surface area contributed by atoms with Crippen LogP contribution in [-0.4, -0.2) is 42.5 Å². The molecule has 1 saturated heterocycles. The maximum Gasteiger partial charge on any atom is 0.234 e. The van der Waals surface area contributed by atoms with E-state index in [0.29, 0.717) is 18.5 Å². The van der Waals surface area contributed by atoms with E-state index in [4.69, 9.17) is 5.73 Å². The summed E-state index contributed by atoms with van der Waals surface area (Å²) in [5.41, 5.74) is 5.98. The summed E-state index contributed by atoms with van der Waals surface area (Å²) in [6, 6.07) is 0.666. The highest BCUT2D eigenvalue weighted by Gasteiger charge is 2.24. The Morgan fingerprint density at radius 2 is 2.00 bits per heavy atom. The molecule has 19 heavy (non-hydrogen) atoms. The van der Waals surface area contributed by atoms with Gasteiger partial charge in [-0.3, -0.25) is 9.69 Å². The van der Waals surface area contributed by atoms with Crippen molar-refractivity contribution in [2.75, 3.05) is 19.6 Å². The van der Waals surface area contributed by atoms with Gasteiger partial charge in [0.1, 0.15) is 0 Å². The molecule has 4 nitrogen and oxygen atoms in total. The molecule has 2 rings (SSSR count). The van der Waals surface area contributed by atoms with Crippen LogP contribution in [0.4, 0.5) is 0 Å². The van der Waals surface area contributed by atoms with Gasteiger partial charge in [0.2, 0.25) is 5.91 Å². The van der Waals surface area contributed by atoms with E-state index in [9.17, 15) is 4.79 Å². The number of likely N-dealkylation sites (tertiary alicyclic amines) is 1. The summed E-state index contributed by atoms with van der Waals surface area (Å²) < 4.78 is 0. The molecule has 0 aromatic carbocycles. The molecule has 0 spiro atoms. The molecule has 110 valence electrons. The molecule has 2 fully saturated rings. The zero-order chi connectivity index (χ0) is 13.7. The van der Waals surface area contributed by atoms with Gasteiger partial charge >= 0.3 is 0 Å². The molecule has 1 saturated carbocycles. The lowest BCUT2D eigenvalue weighted by Gasteiger charge is -2.34. The zero-order valence-corrected chi connectivity index (χ0v) is 12.2. The lowest BCUT2D eigenvalue weighted by Crippen LogP contribution is -2.48. The highest BCUT2D eigenvalue weighted by Crippen LogP contribution is 2.19. The first-order valence-electron chi connectivity index (χ1n) is 7.92. The number of amides is 1. The molecule has 0 bridgehead atoms. The molecule has 4 heteroatoms. The van der Waals surface area contributed by atoms with E-state index in [1.165, 1.54) is 32.1 Å². The molecule has 2 atom stereocenters. The molecule has 0 aromatic rings. The Morgan fingerprint density at radius 1 is 1.26 bits per heavy atom. The van der Waals surface area contributed by atoms with E-state index in [-0.39, 0.29) is 11.9 Å². The Labute approximate surface area is 117 Å². The summed E-state index contributed by atoms with van der Waals surface area (Å²) in [6.07, 6.45) is 8.56. The number of carbonyl (C=O) groups excluding carboxylic acids is 1. The van der Waals surface area contributed by atoms with Gasteiger partial charge in [-0.2, -0.15) is 0 Å². The second kappa shape index (κ2) is 7.25. The van der Waals surface area contributed by atoms with Crippen LogP contribution in [0, 0.1) is 5.92 Å². The van der Waals surface area contributed by atoms with Crippen molar-refractivity contribution in [2.45, 2.75) is 64.0 Å². The van der Waals surface area contributed by atoms with Crippen LogP contribution in [0.2, 0.25) is 0 Å². The van der Waals surface area contributed by atoms with E-state index in [2.05, 4.69) is 17.1 Å². The zero-order valence-electron chi connectivity index (χ0n) is 12.2. The maximum absolute atomic E-state index is 12.1. The third-order valence-corrected chi connectivity index (χ3v) is 4.62. The van der Waals surface area contributed by atoms with E-state index in [0.717, 1.165) is 25.9 Å². The minimum Gasteiger partial charge on any atom is -0.352 e. The minimum atomic E-state index is 0.206. The predicted molar refractivity (Wildman–Crippen MR) is 77.8 cm³/mol. The molecule has 1 aliphatic heterocycles. The van der Waals surface area contributed by atoms with Gasteiger partial charge in [0.25, 0.3) is 0 Å². The van der Waals surface area contributed by atoms with Gasteiger partial charge < -0.3 is 11.1 Å². The van der Waals surface area contributed by atoms with Crippen LogP contribution in [0.5, 0.6) is 0 Å². The first-order chi connectivity index (χ1) is 9.15. The molecule has 0 aromatic heterocycles. The Kier molecular flexibility index (Phi) is 5.64. The van der Waals surface area contributed by atoms with Crippen molar-refractivity contribution >= 4 is 5.91 Å². The quantitative estimate of drug-likeness (QED) is 0.811. The highest BCUT2D eigenvalue weighted by molar-refractivity contribution is 5.78. The molecule has 2 aliphatic rings. The van der Waals surface area contributed by atoms with Crippen LogP contribution < -0.4 is 11.1 Å². The van der Waals surface area contributed by atoms with Crippen LogP contribution in [-0.2, 0) is 4.79 Å². The molecular weight excluding hydrogens is 238 g/mol. The second-order valence-corrected chi connectivity index (χ2v) is 6.40. The third kappa shape index (κ3) is 4.77. The topological polar surface area (TPSA) is 58.4 Å². The fourth-order valence-electron chi connectivity index (χ4n) is 3.39. The SMILES string of the molecule is CC(N)C1CCCN(CC(=O)NC2CCCCC2)C1. The number of carbonyl (C=O) groups is 1. The molecule has 1 heterocycles. The summed E-state index contributed by atoms with van der Waals surface area (Å²) in [5, 5.41) is 3.20. The highest BCUT2D eigenvalue weighted by atomic mass is 16.2. The van der Waals surface area contributed by atoms with Crippen molar-refractivity contribution < 1.29 is 4.79 Å². The fourth-order valence-corrected chi connectivity index (χ4v) is 3.39. The number of piperidine rings is 1. The number of hydrogen-bond donors (Lipinski definition) is 2.